The molecule has 0 saturated heterocycles. The first-order chi connectivity index (χ1) is 6.07. The van der Waals surface area contributed by atoms with Crippen LogP contribution in [0.3, 0.4) is 0 Å². The highest BCUT2D eigenvalue weighted by Crippen LogP contribution is 2.23. The lowest BCUT2D eigenvalue weighted by Gasteiger charge is -2.34. The summed E-state index contributed by atoms with van der Waals surface area (Å²) in [6.45, 7) is 8.49. The summed E-state index contributed by atoms with van der Waals surface area (Å²) in [4.78, 5) is 4.16. The lowest BCUT2D eigenvalue weighted by molar-refractivity contribution is 0.209. The SMILES string of the molecule is CC(C)(C)C1Cn2ncnc2CN1. The molecule has 0 amide bonds. The highest BCUT2D eigenvalue weighted by Gasteiger charge is 2.28. The number of rotatable bonds is 0. The van der Waals surface area contributed by atoms with Gasteiger partial charge in [0.2, 0.25) is 0 Å². The third kappa shape index (κ3) is 1.58. The van der Waals surface area contributed by atoms with E-state index in [1.54, 1.807) is 6.33 Å². The maximum absolute atomic E-state index is 4.19. The molecule has 0 aromatic carbocycles. The molecule has 1 N–H and O–H groups in total. The van der Waals surface area contributed by atoms with Gasteiger partial charge in [-0.3, -0.25) is 0 Å². The van der Waals surface area contributed by atoms with Crippen LogP contribution < -0.4 is 5.32 Å². The lowest BCUT2D eigenvalue weighted by Crippen LogP contribution is -2.47. The number of fused-ring (bicyclic) bond motifs is 1. The van der Waals surface area contributed by atoms with Crippen LogP contribution >= 0.6 is 0 Å². The van der Waals surface area contributed by atoms with Crippen molar-refractivity contribution in [3.8, 4) is 0 Å². The van der Waals surface area contributed by atoms with Crippen molar-refractivity contribution >= 4 is 0 Å². The Morgan fingerprint density at radius 2 is 2.31 bits per heavy atom. The molecule has 0 radical (unpaired) electrons. The van der Waals surface area contributed by atoms with Crippen molar-refractivity contribution in [2.75, 3.05) is 0 Å². The number of hydrogen-bond donors (Lipinski definition) is 1. The quantitative estimate of drug-likeness (QED) is 0.642. The molecule has 1 aromatic heterocycles. The van der Waals surface area contributed by atoms with Gasteiger partial charge in [0, 0.05) is 6.04 Å². The molecule has 0 fully saturated rings. The van der Waals surface area contributed by atoms with E-state index < -0.39 is 0 Å². The molecule has 1 unspecified atom stereocenters. The molecule has 1 aliphatic rings. The van der Waals surface area contributed by atoms with Crippen LogP contribution in [0.5, 0.6) is 0 Å². The predicted octanol–water partition coefficient (Wildman–Crippen LogP) is 0.796. The molecule has 1 aromatic rings. The third-order valence-corrected chi connectivity index (χ3v) is 2.60. The fourth-order valence-corrected chi connectivity index (χ4v) is 1.61. The highest BCUT2D eigenvalue weighted by molar-refractivity contribution is 4.93. The van der Waals surface area contributed by atoms with E-state index in [4.69, 9.17) is 0 Å². The van der Waals surface area contributed by atoms with Crippen LogP contribution in [0.1, 0.15) is 26.6 Å². The average Bonchev–Trinajstić information content (AvgIpc) is 2.47. The minimum atomic E-state index is 0.281. The van der Waals surface area contributed by atoms with Gasteiger partial charge in [0.15, 0.2) is 0 Å². The van der Waals surface area contributed by atoms with Gasteiger partial charge < -0.3 is 5.32 Å². The van der Waals surface area contributed by atoms with E-state index in [9.17, 15) is 0 Å². The van der Waals surface area contributed by atoms with Gasteiger partial charge >= 0.3 is 0 Å². The van der Waals surface area contributed by atoms with Crippen molar-refractivity contribution in [1.82, 2.24) is 20.1 Å². The topological polar surface area (TPSA) is 42.7 Å². The number of hydrogen-bond acceptors (Lipinski definition) is 3. The summed E-state index contributed by atoms with van der Waals surface area (Å²) in [7, 11) is 0. The van der Waals surface area contributed by atoms with Crippen LogP contribution in [0.4, 0.5) is 0 Å². The largest absolute Gasteiger partial charge is 0.305 e. The standard InChI is InChI=1S/C9H16N4/c1-9(2,3)7-5-13-8(4-10-7)11-6-12-13/h6-7,10H,4-5H2,1-3H3. The van der Waals surface area contributed by atoms with E-state index in [0.717, 1.165) is 18.9 Å². The van der Waals surface area contributed by atoms with Gasteiger partial charge in [0.1, 0.15) is 12.2 Å². The zero-order chi connectivity index (χ0) is 9.47. The molecular weight excluding hydrogens is 164 g/mol. The van der Waals surface area contributed by atoms with Crippen molar-refractivity contribution in [3.05, 3.63) is 12.2 Å². The fourth-order valence-electron chi connectivity index (χ4n) is 1.61. The maximum Gasteiger partial charge on any atom is 0.140 e. The summed E-state index contributed by atoms with van der Waals surface area (Å²) < 4.78 is 1.99. The van der Waals surface area contributed by atoms with Crippen molar-refractivity contribution in [3.63, 3.8) is 0 Å². The smallest absolute Gasteiger partial charge is 0.140 e. The molecule has 72 valence electrons. The molecule has 4 heteroatoms. The normalized spacial score (nSPS) is 22.8. The minimum absolute atomic E-state index is 0.281. The summed E-state index contributed by atoms with van der Waals surface area (Å²) in [5.74, 6) is 1.04. The van der Waals surface area contributed by atoms with E-state index in [1.165, 1.54) is 0 Å². The van der Waals surface area contributed by atoms with Crippen molar-refractivity contribution in [2.45, 2.75) is 39.9 Å². The van der Waals surface area contributed by atoms with Gasteiger partial charge in [0.25, 0.3) is 0 Å². The first-order valence-electron chi connectivity index (χ1n) is 4.67. The van der Waals surface area contributed by atoms with Crippen molar-refractivity contribution in [2.24, 2.45) is 5.41 Å². The fraction of sp³-hybridized carbons (Fsp3) is 0.778. The van der Waals surface area contributed by atoms with Crippen LogP contribution in [0.15, 0.2) is 6.33 Å². The van der Waals surface area contributed by atoms with E-state index >= 15 is 0 Å². The molecule has 0 spiro atoms. The second-order valence-corrected chi connectivity index (χ2v) is 4.66. The third-order valence-electron chi connectivity index (χ3n) is 2.60. The molecule has 0 saturated carbocycles. The Balaban J connectivity index is 2.18. The van der Waals surface area contributed by atoms with Gasteiger partial charge in [-0.1, -0.05) is 20.8 Å². The summed E-state index contributed by atoms with van der Waals surface area (Å²) in [6.07, 6.45) is 1.63. The van der Waals surface area contributed by atoms with E-state index in [2.05, 4.69) is 36.2 Å². The van der Waals surface area contributed by atoms with Crippen LogP contribution in [-0.2, 0) is 13.1 Å². The van der Waals surface area contributed by atoms with Gasteiger partial charge in [-0.25, -0.2) is 9.67 Å². The molecule has 2 heterocycles. The Morgan fingerprint density at radius 1 is 1.54 bits per heavy atom. The number of nitrogens with one attached hydrogen (secondary N) is 1. The van der Waals surface area contributed by atoms with E-state index in [-0.39, 0.29) is 5.41 Å². The summed E-state index contributed by atoms with van der Waals surface area (Å²) in [5.41, 5.74) is 0.281. The lowest BCUT2D eigenvalue weighted by atomic mass is 9.86. The molecular formula is C9H16N4. The van der Waals surface area contributed by atoms with Crippen molar-refractivity contribution < 1.29 is 0 Å². The maximum atomic E-state index is 4.19. The average molecular weight is 180 g/mol. The molecule has 0 aliphatic carbocycles. The molecule has 2 rings (SSSR count). The van der Waals surface area contributed by atoms with Crippen LogP contribution in [0.2, 0.25) is 0 Å². The predicted molar refractivity (Wildman–Crippen MR) is 50.1 cm³/mol. The first kappa shape index (κ1) is 8.69. The Kier molecular flexibility index (Phi) is 1.87. The monoisotopic (exact) mass is 180 g/mol. The minimum Gasteiger partial charge on any atom is -0.305 e. The molecule has 1 aliphatic heterocycles. The molecule has 0 bridgehead atoms. The van der Waals surface area contributed by atoms with E-state index in [0.29, 0.717) is 6.04 Å². The van der Waals surface area contributed by atoms with Crippen LogP contribution in [0.25, 0.3) is 0 Å². The Morgan fingerprint density at radius 3 is 3.00 bits per heavy atom. The Bertz CT molecular complexity index is 297. The van der Waals surface area contributed by atoms with Gasteiger partial charge in [-0.05, 0) is 5.41 Å². The van der Waals surface area contributed by atoms with Gasteiger partial charge in [-0.15, -0.1) is 0 Å². The highest BCUT2D eigenvalue weighted by atomic mass is 15.4. The second kappa shape index (κ2) is 2.80. The molecule has 1 atom stereocenters. The Labute approximate surface area is 78.4 Å². The van der Waals surface area contributed by atoms with Crippen LogP contribution in [-0.4, -0.2) is 20.8 Å². The number of aromatic nitrogens is 3. The molecule has 13 heavy (non-hydrogen) atoms. The van der Waals surface area contributed by atoms with Gasteiger partial charge in [-0.2, -0.15) is 5.10 Å². The zero-order valence-corrected chi connectivity index (χ0v) is 8.41. The zero-order valence-electron chi connectivity index (χ0n) is 8.41. The van der Waals surface area contributed by atoms with E-state index in [1.807, 2.05) is 4.68 Å². The summed E-state index contributed by atoms with van der Waals surface area (Å²) in [5, 5.41) is 7.66. The summed E-state index contributed by atoms with van der Waals surface area (Å²) >= 11 is 0. The first-order valence-corrected chi connectivity index (χ1v) is 4.67. The molecule has 4 nitrogen and oxygen atoms in total. The van der Waals surface area contributed by atoms with Crippen molar-refractivity contribution in [1.29, 1.82) is 0 Å². The number of nitrogens with zero attached hydrogens (tertiary/aromatic N) is 3. The van der Waals surface area contributed by atoms with Crippen LogP contribution in [0, 0.1) is 5.41 Å². The summed E-state index contributed by atoms with van der Waals surface area (Å²) in [6, 6.07) is 0.488. The Hall–Kier alpha value is -0.900. The van der Waals surface area contributed by atoms with Gasteiger partial charge in [0.05, 0.1) is 13.1 Å². The second-order valence-electron chi connectivity index (χ2n) is 4.66.